The lowest BCUT2D eigenvalue weighted by atomic mass is 9.91. The normalized spacial score (nSPS) is 17.4. The van der Waals surface area contributed by atoms with E-state index in [0.717, 1.165) is 17.9 Å². The van der Waals surface area contributed by atoms with Gasteiger partial charge in [-0.05, 0) is 33.6 Å². The van der Waals surface area contributed by atoms with Gasteiger partial charge in [0, 0.05) is 20.1 Å². The highest BCUT2D eigenvalue weighted by Gasteiger charge is 2.39. The van der Waals surface area contributed by atoms with Gasteiger partial charge in [-0.3, -0.25) is 14.0 Å². The number of hydrogen-bond acceptors (Lipinski definition) is 6. The van der Waals surface area contributed by atoms with E-state index < -0.39 is 45.8 Å². The predicted molar refractivity (Wildman–Crippen MR) is 99.8 cm³/mol. The Labute approximate surface area is 170 Å². The van der Waals surface area contributed by atoms with E-state index in [1.807, 2.05) is 0 Å². The van der Waals surface area contributed by atoms with E-state index in [4.69, 9.17) is 4.74 Å². The Morgan fingerprint density at radius 3 is 2.37 bits per heavy atom. The maximum atomic E-state index is 13.2. The van der Waals surface area contributed by atoms with Crippen molar-refractivity contribution in [3.63, 3.8) is 0 Å². The number of alkyl halides is 3. The molecular weight excluding hydrogens is 407 g/mol. The minimum absolute atomic E-state index is 0.172. The maximum Gasteiger partial charge on any atom is 0.435 e. The van der Waals surface area contributed by atoms with Crippen LogP contribution in [0, 0.1) is 0 Å². The highest BCUT2D eigenvalue weighted by molar-refractivity contribution is 5.76. The number of hydrogen-bond donors (Lipinski definition) is 1. The molecule has 9 nitrogen and oxygen atoms in total. The highest BCUT2D eigenvalue weighted by Crippen LogP contribution is 2.32. The number of piperidine rings is 1. The smallest absolute Gasteiger partial charge is 0.435 e. The van der Waals surface area contributed by atoms with Crippen molar-refractivity contribution in [2.45, 2.75) is 57.5 Å². The predicted octanol–water partition coefficient (Wildman–Crippen LogP) is 1.91. The first-order valence-electron chi connectivity index (χ1n) is 9.40. The zero-order valence-electron chi connectivity index (χ0n) is 17.2. The summed E-state index contributed by atoms with van der Waals surface area (Å²) in [6.07, 6.45) is -3.86. The fourth-order valence-electron chi connectivity index (χ4n) is 3.43. The molecular formula is C18H24F3N5O4. The standard InChI is InChI=1S/C18H24F3N5O4/c1-16(2,3)30-15(28)25-7-5-17(29,6-8-25)9-26-10-22-11-12(14(26)27)23-24(4)13(11)18(19,20)21/h10,29H,5-9H2,1-4H3. The number of aromatic nitrogens is 4. The molecule has 166 valence electrons. The second kappa shape index (κ2) is 7.25. The lowest BCUT2D eigenvalue weighted by molar-refractivity contribution is -0.142. The zero-order chi connectivity index (χ0) is 22.5. The fraction of sp³-hybridized carbons (Fsp3) is 0.667. The van der Waals surface area contributed by atoms with Gasteiger partial charge in [-0.15, -0.1) is 0 Å². The molecule has 3 heterocycles. The molecule has 0 aromatic carbocycles. The number of nitrogens with zero attached hydrogens (tertiary/aromatic N) is 5. The van der Waals surface area contributed by atoms with E-state index >= 15 is 0 Å². The average Bonchev–Trinajstić information content (AvgIpc) is 2.93. The maximum absolute atomic E-state index is 13.2. The van der Waals surface area contributed by atoms with Crippen LogP contribution in [0.3, 0.4) is 0 Å². The van der Waals surface area contributed by atoms with Crippen molar-refractivity contribution in [3.05, 3.63) is 22.4 Å². The van der Waals surface area contributed by atoms with Crippen molar-refractivity contribution in [1.29, 1.82) is 0 Å². The topological polar surface area (TPSA) is 102 Å². The molecule has 0 spiro atoms. The summed E-state index contributed by atoms with van der Waals surface area (Å²) in [5, 5.41) is 14.5. The number of aliphatic hydroxyl groups is 1. The molecule has 1 aliphatic heterocycles. The molecule has 3 rings (SSSR count). The third kappa shape index (κ3) is 4.42. The Kier molecular flexibility index (Phi) is 5.34. The number of carbonyl (C=O) groups excluding carboxylic acids is 1. The largest absolute Gasteiger partial charge is 0.444 e. The molecule has 0 aliphatic carbocycles. The van der Waals surface area contributed by atoms with Crippen molar-refractivity contribution >= 4 is 17.1 Å². The quantitative estimate of drug-likeness (QED) is 0.779. The lowest BCUT2D eigenvalue weighted by Gasteiger charge is -2.38. The summed E-state index contributed by atoms with van der Waals surface area (Å²) >= 11 is 0. The number of amides is 1. The minimum Gasteiger partial charge on any atom is -0.444 e. The number of halogens is 3. The zero-order valence-corrected chi connectivity index (χ0v) is 17.2. The second-order valence-corrected chi connectivity index (χ2v) is 8.54. The van der Waals surface area contributed by atoms with E-state index in [9.17, 15) is 27.9 Å². The Balaban J connectivity index is 1.78. The van der Waals surface area contributed by atoms with Gasteiger partial charge in [0.1, 0.15) is 11.1 Å². The molecule has 12 heteroatoms. The second-order valence-electron chi connectivity index (χ2n) is 8.54. The first-order valence-corrected chi connectivity index (χ1v) is 9.40. The minimum atomic E-state index is -4.71. The van der Waals surface area contributed by atoms with Gasteiger partial charge in [0.25, 0.3) is 5.56 Å². The summed E-state index contributed by atoms with van der Waals surface area (Å²) in [5.74, 6) is 0. The van der Waals surface area contributed by atoms with Crippen LogP contribution in [0.4, 0.5) is 18.0 Å². The van der Waals surface area contributed by atoms with Crippen molar-refractivity contribution in [2.75, 3.05) is 13.1 Å². The number of likely N-dealkylation sites (tertiary alicyclic amines) is 1. The fourth-order valence-corrected chi connectivity index (χ4v) is 3.43. The van der Waals surface area contributed by atoms with Crippen molar-refractivity contribution in [3.8, 4) is 0 Å². The molecule has 1 saturated heterocycles. The summed E-state index contributed by atoms with van der Waals surface area (Å²) in [5.41, 5.74) is -4.78. The average molecular weight is 431 g/mol. The van der Waals surface area contributed by atoms with E-state index in [1.165, 1.54) is 4.90 Å². The van der Waals surface area contributed by atoms with Gasteiger partial charge in [-0.25, -0.2) is 9.78 Å². The summed E-state index contributed by atoms with van der Waals surface area (Å²) in [4.78, 5) is 30.0. The molecule has 1 amide bonds. The molecule has 30 heavy (non-hydrogen) atoms. The third-order valence-electron chi connectivity index (χ3n) is 4.89. The number of rotatable bonds is 2. The van der Waals surface area contributed by atoms with Crippen LogP contribution in [0.15, 0.2) is 11.1 Å². The van der Waals surface area contributed by atoms with Gasteiger partial charge in [0.2, 0.25) is 0 Å². The molecule has 0 bridgehead atoms. The first kappa shape index (κ1) is 22.1. The van der Waals surface area contributed by atoms with Crippen LogP contribution in [0.1, 0.15) is 39.3 Å². The van der Waals surface area contributed by atoms with Crippen LogP contribution >= 0.6 is 0 Å². The summed E-state index contributed by atoms with van der Waals surface area (Å²) < 4.78 is 46.5. The van der Waals surface area contributed by atoms with Crippen molar-refractivity contribution in [1.82, 2.24) is 24.2 Å². The van der Waals surface area contributed by atoms with Gasteiger partial charge >= 0.3 is 12.3 Å². The van der Waals surface area contributed by atoms with Gasteiger partial charge in [-0.2, -0.15) is 18.3 Å². The molecule has 0 saturated carbocycles. The Morgan fingerprint density at radius 2 is 1.83 bits per heavy atom. The monoisotopic (exact) mass is 431 g/mol. The molecule has 1 aliphatic rings. The summed E-state index contributed by atoms with van der Waals surface area (Å²) in [6, 6.07) is 0. The Hall–Kier alpha value is -2.63. The van der Waals surface area contributed by atoms with Crippen LogP contribution in [-0.4, -0.2) is 59.7 Å². The van der Waals surface area contributed by atoms with Crippen LogP contribution in [0.2, 0.25) is 0 Å². The van der Waals surface area contributed by atoms with E-state index in [-0.39, 0.29) is 32.5 Å². The van der Waals surface area contributed by atoms with E-state index in [2.05, 4.69) is 10.1 Å². The van der Waals surface area contributed by atoms with Crippen LogP contribution in [0.25, 0.3) is 11.0 Å². The molecule has 0 atom stereocenters. The van der Waals surface area contributed by atoms with Gasteiger partial charge in [0.05, 0.1) is 18.5 Å². The van der Waals surface area contributed by atoms with Crippen molar-refractivity contribution < 1.29 is 27.8 Å². The van der Waals surface area contributed by atoms with Crippen LogP contribution in [0.5, 0.6) is 0 Å². The molecule has 1 N–H and O–H groups in total. The Bertz CT molecular complexity index is 1010. The van der Waals surface area contributed by atoms with Gasteiger partial charge < -0.3 is 14.7 Å². The van der Waals surface area contributed by atoms with Crippen LogP contribution in [-0.2, 0) is 24.5 Å². The van der Waals surface area contributed by atoms with Gasteiger partial charge in [0.15, 0.2) is 11.2 Å². The summed E-state index contributed by atoms with van der Waals surface area (Å²) in [7, 11) is 1.09. The van der Waals surface area contributed by atoms with Crippen molar-refractivity contribution in [2.24, 2.45) is 7.05 Å². The van der Waals surface area contributed by atoms with Gasteiger partial charge in [-0.1, -0.05) is 0 Å². The van der Waals surface area contributed by atoms with E-state index in [0.29, 0.717) is 4.68 Å². The number of carbonyl (C=O) groups is 1. The Morgan fingerprint density at radius 1 is 1.23 bits per heavy atom. The molecule has 2 aromatic rings. The lowest BCUT2D eigenvalue weighted by Crippen LogP contribution is -2.50. The molecule has 2 aromatic heterocycles. The SMILES string of the molecule is Cn1nc2c(=O)n(CC3(O)CCN(C(=O)OC(C)(C)C)CC3)cnc2c1C(F)(F)F. The number of ether oxygens (including phenoxy) is 1. The summed E-state index contributed by atoms with van der Waals surface area (Å²) in [6.45, 7) is 5.53. The van der Waals surface area contributed by atoms with E-state index in [1.54, 1.807) is 20.8 Å². The highest BCUT2D eigenvalue weighted by atomic mass is 19.4. The molecule has 0 radical (unpaired) electrons. The number of aryl methyl sites for hydroxylation is 1. The third-order valence-corrected chi connectivity index (χ3v) is 4.89. The molecule has 1 fully saturated rings. The first-order chi connectivity index (χ1) is 13.7. The molecule has 0 unspecified atom stereocenters. The number of fused-ring (bicyclic) bond motifs is 1. The van der Waals surface area contributed by atoms with Crippen LogP contribution < -0.4 is 5.56 Å².